The molecule has 1 heterocycles. The number of carbonyl (C=O) groups excluding carboxylic acids is 2. The zero-order chi connectivity index (χ0) is 27.5. The lowest BCUT2D eigenvalue weighted by Gasteiger charge is -2.30. The summed E-state index contributed by atoms with van der Waals surface area (Å²) in [5.74, 6) is 0.932. The first-order valence-corrected chi connectivity index (χ1v) is 14.3. The normalized spacial score (nSPS) is 18.6. The largest absolute Gasteiger partial charge is 0.476 e. The molecule has 3 rings (SSSR count). The maximum atomic E-state index is 13.4. The van der Waals surface area contributed by atoms with Crippen LogP contribution >= 0.6 is 11.8 Å². The van der Waals surface area contributed by atoms with Crippen LogP contribution in [0.15, 0.2) is 41.3 Å². The molecule has 0 aliphatic carbocycles. The van der Waals surface area contributed by atoms with E-state index in [0.29, 0.717) is 5.92 Å². The smallest absolute Gasteiger partial charge is 0.350 e. The molecule has 1 aliphatic rings. The van der Waals surface area contributed by atoms with Crippen molar-refractivity contribution in [2.75, 3.05) is 26.4 Å². The Balaban J connectivity index is 1.69. The van der Waals surface area contributed by atoms with E-state index in [1.165, 1.54) is 10.5 Å². The van der Waals surface area contributed by atoms with Crippen LogP contribution < -0.4 is 4.74 Å². The molecule has 0 saturated carbocycles. The van der Waals surface area contributed by atoms with E-state index < -0.39 is 11.2 Å². The molecule has 0 amide bonds. The van der Waals surface area contributed by atoms with Gasteiger partial charge in [-0.3, -0.25) is 4.79 Å². The third-order valence-corrected chi connectivity index (χ3v) is 7.65. The predicted octanol–water partition coefficient (Wildman–Crippen LogP) is 6.52. The summed E-state index contributed by atoms with van der Waals surface area (Å²) >= 11 is 1.69. The van der Waals surface area contributed by atoms with Gasteiger partial charge in [0, 0.05) is 29.5 Å². The molecule has 0 aromatic heterocycles. The van der Waals surface area contributed by atoms with Gasteiger partial charge in [0.2, 0.25) is 0 Å². The molecule has 0 N–H and O–H groups in total. The highest BCUT2D eigenvalue weighted by Crippen LogP contribution is 2.33. The molecule has 5 nitrogen and oxygen atoms in total. The third kappa shape index (κ3) is 7.61. The van der Waals surface area contributed by atoms with Crippen molar-refractivity contribution in [3.8, 4) is 5.75 Å². The van der Waals surface area contributed by atoms with E-state index in [1.807, 2.05) is 65.1 Å². The Labute approximate surface area is 227 Å². The molecule has 2 aromatic rings. The SMILES string of the molecule is CSc1ccc(C(=O)C2CN(C)C[C@@H]2CCc2cc(C)c(OC(C)(C)C(=O)OC(C)(C)C)c(C)c2)cc1. The summed E-state index contributed by atoms with van der Waals surface area (Å²) in [6.07, 6.45) is 3.89. The number of carbonyl (C=O) groups is 2. The number of ether oxygens (including phenoxy) is 2. The van der Waals surface area contributed by atoms with Gasteiger partial charge in [-0.25, -0.2) is 4.79 Å². The molecule has 0 spiro atoms. The van der Waals surface area contributed by atoms with Crippen LogP contribution in [-0.4, -0.2) is 54.2 Å². The molecule has 1 saturated heterocycles. The molecule has 0 bridgehead atoms. The molecule has 2 aromatic carbocycles. The molecular formula is C31H43NO4S. The van der Waals surface area contributed by atoms with Gasteiger partial charge >= 0.3 is 5.97 Å². The minimum atomic E-state index is -1.10. The van der Waals surface area contributed by atoms with Crippen molar-refractivity contribution < 1.29 is 19.1 Å². The number of aryl methyl sites for hydroxylation is 3. The topological polar surface area (TPSA) is 55.8 Å². The van der Waals surface area contributed by atoms with Crippen molar-refractivity contribution in [1.29, 1.82) is 0 Å². The van der Waals surface area contributed by atoms with Gasteiger partial charge < -0.3 is 14.4 Å². The fourth-order valence-electron chi connectivity index (χ4n) is 5.04. The van der Waals surface area contributed by atoms with Gasteiger partial charge in [0.1, 0.15) is 11.4 Å². The average molecular weight is 526 g/mol. The second-order valence-electron chi connectivity index (χ2n) is 11.9. The zero-order valence-corrected chi connectivity index (χ0v) is 24.8. The highest BCUT2D eigenvalue weighted by atomic mass is 32.2. The summed E-state index contributed by atoms with van der Waals surface area (Å²) in [5, 5.41) is 0. The summed E-state index contributed by atoms with van der Waals surface area (Å²) in [6.45, 7) is 14.8. The third-order valence-electron chi connectivity index (χ3n) is 6.91. The number of nitrogens with zero attached hydrogens (tertiary/aromatic N) is 1. The predicted molar refractivity (Wildman–Crippen MR) is 152 cm³/mol. The summed E-state index contributed by atoms with van der Waals surface area (Å²) in [6, 6.07) is 12.3. The molecule has 0 radical (unpaired) electrons. The summed E-state index contributed by atoms with van der Waals surface area (Å²) in [4.78, 5) is 29.5. The van der Waals surface area contributed by atoms with Gasteiger partial charge in [0.25, 0.3) is 0 Å². The van der Waals surface area contributed by atoms with Crippen LogP contribution in [0.25, 0.3) is 0 Å². The second-order valence-corrected chi connectivity index (χ2v) is 12.8. The van der Waals surface area contributed by atoms with Gasteiger partial charge in [-0.2, -0.15) is 0 Å². The summed E-state index contributed by atoms with van der Waals surface area (Å²) in [7, 11) is 2.10. The minimum Gasteiger partial charge on any atom is -0.476 e. The van der Waals surface area contributed by atoms with E-state index in [0.717, 1.165) is 48.4 Å². The first kappa shape index (κ1) is 29.2. The van der Waals surface area contributed by atoms with Crippen molar-refractivity contribution in [1.82, 2.24) is 4.90 Å². The van der Waals surface area contributed by atoms with E-state index in [1.54, 1.807) is 25.6 Å². The number of Topliss-reactive ketones (excluding diaryl/α,β-unsaturated/α-hetero) is 1. The first-order valence-electron chi connectivity index (χ1n) is 13.1. The Hall–Kier alpha value is -2.31. The number of likely N-dealkylation sites (tertiary alicyclic amines) is 1. The van der Waals surface area contributed by atoms with Gasteiger partial charge in [-0.05, 0) is 109 Å². The van der Waals surface area contributed by atoms with E-state index in [2.05, 4.69) is 24.1 Å². The highest BCUT2D eigenvalue weighted by molar-refractivity contribution is 7.98. The molecule has 1 aliphatic heterocycles. The number of benzene rings is 2. The number of hydrogen-bond donors (Lipinski definition) is 0. The van der Waals surface area contributed by atoms with Gasteiger partial charge in [0.15, 0.2) is 11.4 Å². The van der Waals surface area contributed by atoms with Crippen molar-refractivity contribution in [3.63, 3.8) is 0 Å². The summed E-state index contributed by atoms with van der Waals surface area (Å²) in [5.41, 5.74) is 2.36. The lowest BCUT2D eigenvalue weighted by Crippen LogP contribution is -2.43. The standard InChI is InChI=1S/C31H43NO4S/c1-20-16-22(17-21(2)28(20)35-31(6,7)29(34)36-30(3,4)5)10-11-24-18-32(8)19-26(24)27(33)23-12-14-25(37-9)15-13-23/h12-17,24,26H,10-11,18-19H2,1-9H3/t24-,26?/m0/s1. The maximum absolute atomic E-state index is 13.4. The Bertz CT molecular complexity index is 1090. The molecular weight excluding hydrogens is 482 g/mol. The zero-order valence-electron chi connectivity index (χ0n) is 23.9. The number of esters is 1. The van der Waals surface area contributed by atoms with E-state index in [-0.39, 0.29) is 17.7 Å². The molecule has 37 heavy (non-hydrogen) atoms. The lowest BCUT2D eigenvalue weighted by molar-refractivity contribution is -0.171. The van der Waals surface area contributed by atoms with Crippen LogP contribution in [0.2, 0.25) is 0 Å². The van der Waals surface area contributed by atoms with Crippen LogP contribution in [0.5, 0.6) is 5.75 Å². The van der Waals surface area contributed by atoms with E-state index >= 15 is 0 Å². The quantitative estimate of drug-likeness (QED) is 0.211. The first-order chi connectivity index (χ1) is 17.2. The van der Waals surface area contributed by atoms with Gasteiger partial charge in [0.05, 0.1) is 0 Å². The Morgan fingerprint density at radius 2 is 1.59 bits per heavy atom. The fraction of sp³-hybridized carbons (Fsp3) is 0.548. The van der Waals surface area contributed by atoms with Crippen molar-refractivity contribution in [2.45, 2.75) is 77.4 Å². The van der Waals surface area contributed by atoms with Crippen LogP contribution in [0.1, 0.15) is 68.1 Å². The molecule has 202 valence electrons. The summed E-state index contributed by atoms with van der Waals surface area (Å²) < 4.78 is 11.8. The van der Waals surface area contributed by atoms with E-state index in [9.17, 15) is 9.59 Å². The molecule has 1 fully saturated rings. The number of hydrogen-bond acceptors (Lipinski definition) is 6. The van der Waals surface area contributed by atoms with Crippen LogP contribution in [0, 0.1) is 25.7 Å². The van der Waals surface area contributed by atoms with E-state index in [4.69, 9.17) is 9.47 Å². The minimum absolute atomic E-state index is 0.0181. The van der Waals surface area contributed by atoms with Gasteiger partial charge in [-0.15, -0.1) is 11.8 Å². The fourth-order valence-corrected chi connectivity index (χ4v) is 5.45. The monoisotopic (exact) mass is 525 g/mol. The second kappa shape index (κ2) is 11.6. The van der Waals surface area contributed by atoms with Crippen molar-refractivity contribution in [2.24, 2.45) is 11.8 Å². The number of thioether (sulfide) groups is 1. The highest BCUT2D eigenvalue weighted by Gasteiger charge is 2.37. The molecule has 1 unspecified atom stereocenters. The average Bonchev–Trinajstić information content (AvgIpc) is 3.19. The van der Waals surface area contributed by atoms with Crippen LogP contribution in [-0.2, 0) is 16.0 Å². The van der Waals surface area contributed by atoms with Gasteiger partial charge in [-0.1, -0.05) is 24.3 Å². The van der Waals surface area contributed by atoms with Crippen molar-refractivity contribution >= 4 is 23.5 Å². The Morgan fingerprint density at radius 3 is 2.14 bits per heavy atom. The Kier molecular flexibility index (Phi) is 9.18. The maximum Gasteiger partial charge on any atom is 0.350 e. The Morgan fingerprint density at radius 1 is 1.00 bits per heavy atom. The van der Waals surface area contributed by atoms with Crippen LogP contribution in [0.3, 0.4) is 0 Å². The number of rotatable bonds is 9. The lowest BCUT2D eigenvalue weighted by atomic mass is 9.84. The van der Waals surface area contributed by atoms with Crippen molar-refractivity contribution in [3.05, 3.63) is 58.7 Å². The molecule has 2 atom stereocenters. The van der Waals surface area contributed by atoms with Crippen LogP contribution in [0.4, 0.5) is 0 Å². The molecule has 6 heteroatoms. The number of ketones is 1.